The van der Waals surface area contributed by atoms with Crippen molar-refractivity contribution in [2.45, 2.75) is 47.0 Å². The van der Waals surface area contributed by atoms with Crippen molar-refractivity contribution in [2.24, 2.45) is 5.41 Å². The van der Waals surface area contributed by atoms with Crippen molar-refractivity contribution in [3.63, 3.8) is 0 Å². The summed E-state index contributed by atoms with van der Waals surface area (Å²) in [5.41, 5.74) is 0.0417. The van der Waals surface area contributed by atoms with E-state index < -0.39 is 0 Å². The van der Waals surface area contributed by atoms with E-state index in [0.717, 1.165) is 19.3 Å². The van der Waals surface area contributed by atoms with Gasteiger partial charge in [0.25, 0.3) is 0 Å². The summed E-state index contributed by atoms with van der Waals surface area (Å²) in [5.74, 6) is 0. The third-order valence-corrected chi connectivity index (χ3v) is 2.26. The number of rotatable bonds is 2. The normalized spacial score (nSPS) is 18.0. The molecule has 68 valence electrons. The van der Waals surface area contributed by atoms with E-state index in [2.05, 4.69) is 6.92 Å². The van der Waals surface area contributed by atoms with Gasteiger partial charge in [0, 0.05) is 17.4 Å². The molecule has 0 radical (unpaired) electrons. The van der Waals surface area contributed by atoms with Crippen LogP contribution in [0.2, 0.25) is 0 Å². The molecule has 11 heavy (non-hydrogen) atoms. The molecule has 1 aliphatic carbocycles. The Morgan fingerprint density at radius 1 is 1.36 bits per heavy atom. The minimum atomic E-state index is 0. The van der Waals surface area contributed by atoms with Crippen LogP contribution in [0, 0.1) is 11.6 Å². The van der Waals surface area contributed by atoms with Crippen LogP contribution in [0.25, 0.3) is 0 Å². The maximum absolute atomic E-state index is 12.5. The zero-order valence-corrected chi connectivity index (χ0v) is 9.18. The average Bonchev–Trinajstić information content (AvgIpc) is 2.71. The molecule has 1 fully saturated rings. The van der Waals surface area contributed by atoms with Crippen LogP contribution in [0.15, 0.2) is 0 Å². The maximum Gasteiger partial charge on any atom is 0 e. The van der Waals surface area contributed by atoms with Crippen molar-refractivity contribution < 1.29 is 21.8 Å². The van der Waals surface area contributed by atoms with E-state index in [0.29, 0.717) is 0 Å². The van der Waals surface area contributed by atoms with Gasteiger partial charge in [0.05, 0.1) is 0 Å². The Hall–Kier alpha value is 0.462. The first-order chi connectivity index (χ1) is 4.71. The Morgan fingerprint density at radius 2 is 1.73 bits per heavy atom. The molecular formula is C9H18CrF-. The largest absolute Gasteiger partial charge is 0.456 e. The first kappa shape index (κ1) is 14.0. The minimum absolute atomic E-state index is 0. The first-order valence-corrected chi connectivity index (χ1v) is 4.21. The van der Waals surface area contributed by atoms with E-state index in [9.17, 15) is 4.39 Å². The Kier molecular flexibility index (Phi) is 7.68. The second-order valence-electron chi connectivity index (χ2n) is 2.67. The Labute approximate surface area is 80.7 Å². The fraction of sp³-hybridized carbons (Fsp3) is 0.889. The fourth-order valence-electron chi connectivity index (χ4n) is 1.09. The van der Waals surface area contributed by atoms with Gasteiger partial charge in [-0.25, -0.2) is 0 Å². The summed E-state index contributed by atoms with van der Waals surface area (Å²) in [5, 5.41) is 0. The number of hydrogen-bond donors (Lipinski definition) is 0. The molecule has 0 aromatic carbocycles. The maximum atomic E-state index is 12.5. The molecule has 0 aromatic rings. The molecule has 0 nitrogen and oxygen atoms in total. The van der Waals surface area contributed by atoms with Crippen molar-refractivity contribution in [3.8, 4) is 0 Å². The molecule has 0 bridgehead atoms. The second-order valence-corrected chi connectivity index (χ2v) is 2.67. The molecule has 2 heteroatoms. The van der Waals surface area contributed by atoms with Crippen LogP contribution < -0.4 is 0 Å². The van der Waals surface area contributed by atoms with E-state index in [-0.39, 0.29) is 28.9 Å². The first-order valence-electron chi connectivity index (χ1n) is 4.21. The van der Waals surface area contributed by atoms with Crippen molar-refractivity contribution in [1.29, 1.82) is 0 Å². The van der Waals surface area contributed by atoms with Crippen LogP contribution in [0.5, 0.6) is 0 Å². The summed E-state index contributed by atoms with van der Waals surface area (Å²) in [4.78, 5) is 0. The van der Waals surface area contributed by atoms with Gasteiger partial charge in [-0.1, -0.05) is 40.0 Å². The van der Waals surface area contributed by atoms with Crippen LogP contribution in [-0.2, 0) is 17.4 Å². The zero-order valence-electron chi connectivity index (χ0n) is 7.91. The number of halogens is 1. The van der Waals surface area contributed by atoms with Gasteiger partial charge in [0.15, 0.2) is 0 Å². The van der Waals surface area contributed by atoms with Crippen molar-refractivity contribution >= 4 is 0 Å². The Balaban J connectivity index is 0. The molecule has 1 rings (SSSR count). The van der Waals surface area contributed by atoms with Gasteiger partial charge < -0.3 is 4.39 Å². The van der Waals surface area contributed by atoms with Crippen molar-refractivity contribution in [1.82, 2.24) is 0 Å². The van der Waals surface area contributed by atoms with E-state index >= 15 is 0 Å². The molecular weight excluding hydrogens is 179 g/mol. The summed E-state index contributed by atoms with van der Waals surface area (Å²) in [7, 11) is 0. The summed E-state index contributed by atoms with van der Waals surface area (Å²) in [6.07, 6.45) is 3.27. The van der Waals surface area contributed by atoms with Crippen molar-refractivity contribution in [3.05, 3.63) is 6.17 Å². The van der Waals surface area contributed by atoms with Gasteiger partial charge in [-0.2, -0.15) is 13.1 Å². The van der Waals surface area contributed by atoms with E-state index in [1.165, 1.54) is 0 Å². The van der Waals surface area contributed by atoms with Gasteiger partial charge in [-0.3, -0.25) is 0 Å². The Bertz CT molecular complexity index is 87.6. The molecule has 0 aliphatic heterocycles. The quantitative estimate of drug-likeness (QED) is 0.592. The molecule has 1 aliphatic rings. The van der Waals surface area contributed by atoms with Crippen LogP contribution in [0.4, 0.5) is 4.39 Å². The zero-order chi connectivity index (χ0) is 8.20. The molecule has 0 spiro atoms. The number of hydrogen-bond acceptors (Lipinski definition) is 0. The molecule has 0 aromatic heterocycles. The van der Waals surface area contributed by atoms with Crippen LogP contribution in [0.1, 0.15) is 47.0 Å². The predicted octanol–water partition coefficient (Wildman–Crippen LogP) is 3.72. The summed E-state index contributed by atoms with van der Waals surface area (Å²) in [6.45, 7) is 7.65. The minimum Gasteiger partial charge on any atom is -0.456 e. The van der Waals surface area contributed by atoms with Gasteiger partial charge in [0.1, 0.15) is 0 Å². The molecule has 0 saturated heterocycles. The summed E-state index contributed by atoms with van der Waals surface area (Å²) in [6, 6.07) is 0. The molecule has 0 atom stereocenters. The predicted molar refractivity (Wildman–Crippen MR) is 43.3 cm³/mol. The standard InChI is InChI=1S/C7H12F.C2H6.Cr/c1-3-7(4-5-7)6(2)8;1-2;/h3-5H2,1-2H3;1-2H3;/q-1;;. The third-order valence-electron chi connectivity index (χ3n) is 2.26. The van der Waals surface area contributed by atoms with Crippen LogP contribution in [-0.4, -0.2) is 0 Å². The van der Waals surface area contributed by atoms with Gasteiger partial charge in [0.2, 0.25) is 0 Å². The average molecular weight is 197 g/mol. The molecule has 0 amide bonds. The van der Waals surface area contributed by atoms with E-state index in [1.54, 1.807) is 6.92 Å². The monoisotopic (exact) mass is 197 g/mol. The van der Waals surface area contributed by atoms with Crippen molar-refractivity contribution in [2.75, 3.05) is 0 Å². The Morgan fingerprint density at radius 3 is 1.73 bits per heavy atom. The van der Waals surface area contributed by atoms with E-state index in [4.69, 9.17) is 0 Å². The topological polar surface area (TPSA) is 0 Å². The van der Waals surface area contributed by atoms with E-state index in [1.807, 2.05) is 13.8 Å². The van der Waals surface area contributed by atoms with Crippen LogP contribution >= 0.6 is 0 Å². The summed E-state index contributed by atoms with van der Waals surface area (Å²) >= 11 is 0. The third kappa shape index (κ3) is 3.58. The smallest absolute Gasteiger partial charge is 0 e. The molecule has 0 N–H and O–H groups in total. The van der Waals surface area contributed by atoms with Gasteiger partial charge in [-0.15, -0.1) is 5.41 Å². The fourth-order valence-corrected chi connectivity index (χ4v) is 1.09. The SMILES string of the molecule is CC.CCC1([C-](C)F)CC1.[Cr]. The van der Waals surface area contributed by atoms with Gasteiger partial charge in [-0.05, 0) is 0 Å². The summed E-state index contributed by atoms with van der Waals surface area (Å²) < 4.78 is 12.5. The molecule has 0 heterocycles. The second kappa shape index (κ2) is 6.03. The molecule has 0 unspecified atom stereocenters. The van der Waals surface area contributed by atoms with Crippen LogP contribution in [0.3, 0.4) is 0 Å². The van der Waals surface area contributed by atoms with Gasteiger partial charge >= 0.3 is 0 Å². The molecule has 1 saturated carbocycles.